The Kier molecular flexibility index (Phi) is 3.87. The molecule has 0 unspecified atom stereocenters. The van der Waals surface area contributed by atoms with Crippen LogP contribution in [-0.2, 0) is 0 Å². The topological polar surface area (TPSA) is 23.5 Å². The lowest BCUT2D eigenvalue weighted by atomic mass is 10.3. The second kappa shape index (κ2) is 4.52. The van der Waals surface area contributed by atoms with E-state index in [4.69, 9.17) is 5.11 Å². The van der Waals surface area contributed by atoms with E-state index in [1.165, 1.54) is 0 Å². The third kappa shape index (κ3) is 3.74. The van der Waals surface area contributed by atoms with Crippen LogP contribution in [0.3, 0.4) is 0 Å². The number of halogens is 3. The van der Waals surface area contributed by atoms with Crippen molar-refractivity contribution >= 4 is 11.8 Å². The molecule has 0 aliphatic carbocycles. The van der Waals surface area contributed by atoms with E-state index in [1.807, 2.05) is 0 Å². The third-order valence-corrected chi connectivity index (χ3v) is 2.86. The maximum absolute atomic E-state index is 11.9. The highest BCUT2D eigenvalue weighted by Gasteiger charge is 2.39. The highest BCUT2D eigenvalue weighted by atomic mass is 32.2. The van der Waals surface area contributed by atoms with E-state index in [2.05, 4.69) is 0 Å². The molecule has 0 spiro atoms. The summed E-state index contributed by atoms with van der Waals surface area (Å²) >= 11 is 1.73. The molecule has 78 valence electrons. The van der Waals surface area contributed by atoms with E-state index in [0.717, 1.165) is 11.5 Å². The minimum atomic E-state index is -4.48. The van der Waals surface area contributed by atoms with Gasteiger partial charge in [-0.25, -0.2) is 0 Å². The van der Waals surface area contributed by atoms with Gasteiger partial charge in [-0.05, 0) is 0 Å². The quantitative estimate of drug-likeness (QED) is 0.742. The summed E-state index contributed by atoms with van der Waals surface area (Å²) in [5, 5.41) is 8.76. The molecular formula is C7H12F3NOS. The van der Waals surface area contributed by atoms with Gasteiger partial charge in [-0.3, -0.25) is 4.90 Å². The Morgan fingerprint density at radius 3 is 2.31 bits per heavy atom. The maximum atomic E-state index is 11.9. The molecule has 13 heavy (non-hydrogen) atoms. The molecule has 1 N–H and O–H groups in total. The average molecular weight is 215 g/mol. The largest absolute Gasteiger partial charge is 0.415 e. The minimum absolute atomic E-state index is 0.288. The Balaban J connectivity index is 2.30. The molecule has 1 rings (SSSR count). The summed E-state index contributed by atoms with van der Waals surface area (Å²) in [4.78, 5) is 1.65. The van der Waals surface area contributed by atoms with Gasteiger partial charge in [0.25, 0.3) is 0 Å². The summed E-state index contributed by atoms with van der Waals surface area (Å²) in [6.07, 6.45) is -6.68. The van der Waals surface area contributed by atoms with Crippen LogP contribution >= 0.6 is 11.8 Å². The molecular weight excluding hydrogens is 203 g/mol. The van der Waals surface area contributed by atoms with Crippen molar-refractivity contribution in [1.82, 2.24) is 4.90 Å². The molecule has 1 aliphatic rings. The molecule has 6 heteroatoms. The Labute approximate surface area is 79.1 Å². The van der Waals surface area contributed by atoms with Gasteiger partial charge < -0.3 is 5.11 Å². The van der Waals surface area contributed by atoms with E-state index in [0.29, 0.717) is 13.1 Å². The lowest BCUT2D eigenvalue weighted by molar-refractivity contribution is -0.207. The van der Waals surface area contributed by atoms with Crippen molar-refractivity contribution in [3.8, 4) is 0 Å². The van der Waals surface area contributed by atoms with Crippen LogP contribution in [0.5, 0.6) is 0 Å². The van der Waals surface area contributed by atoms with Gasteiger partial charge in [0.2, 0.25) is 0 Å². The van der Waals surface area contributed by atoms with E-state index < -0.39 is 12.3 Å². The molecule has 0 aromatic heterocycles. The molecule has 0 amide bonds. The number of hydrogen-bond acceptors (Lipinski definition) is 3. The molecule has 1 heterocycles. The zero-order chi connectivity index (χ0) is 9.90. The predicted octanol–water partition coefficient (Wildman–Crippen LogP) is 0.958. The first-order chi connectivity index (χ1) is 6.00. The predicted molar refractivity (Wildman–Crippen MR) is 45.8 cm³/mol. The standard InChI is InChI=1S/C7H12F3NOS/c8-7(9,10)6(12)5-11-1-3-13-4-2-11/h6,12H,1-5H2/t6-/m0/s1. The van der Waals surface area contributed by atoms with Crippen molar-refractivity contribution in [2.45, 2.75) is 12.3 Å². The summed E-state index contributed by atoms with van der Waals surface area (Å²) in [5.74, 6) is 1.70. The summed E-state index contributed by atoms with van der Waals surface area (Å²) in [5.41, 5.74) is 0. The van der Waals surface area contributed by atoms with Gasteiger partial charge in [0.15, 0.2) is 6.10 Å². The molecule has 0 radical (unpaired) electrons. The first kappa shape index (κ1) is 11.1. The second-order valence-corrected chi connectivity index (χ2v) is 4.20. The lowest BCUT2D eigenvalue weighted by Gasteiger charge is -2.28. The number of aliphatic hydroxyl groups is 1. The monoisotopic (exact) mass is 215 g/mol. The molecule has 1 saturated heterocycles. The van der Waals surface area contributed by atoms with E-state index in [1.54, 1.807) is 16.7 Å². The van der Waals surface area contributed by atoms with E-state index >= 15 is 0 Å². The number of aliphatic hydroxyl groups excluding tert-OH is 1. The van der Waals surface area contributed by atoms with Crippen molar-refractivity contribution in [2.24, 2.45) is 0 Å². The average Bonchev–Trinajstić information content (AvgIpc) is 2.04. The van der Waals surface area contributed by atoms with E-state index in [-0.39, 0.29) is 6.54 Å². The Bertz CT molecular complexity index is 158. The Morgan fingerprint density at radius 1 is 1.31 bits per heavy atom. The zero-order valence-electron chi connectivity index (χ0n) is 7.05. The molecule has 1 fully saturated rings. The SMILES string of the molecule is O[C@@H](CN1CCSCC1)C(F)(F)F. The molecule has 1 atom stereocenters. The second-order valence-electron chi connectivity index (χ2n) is 2.97. The Hall–Kier alpha value is 0.0600. The summed E-state index contributed by atoms with van der Waals surface area (Å²) < 4.78 is 35.8. The molecule has 0 saturated carbocycles. The smallest absolute Gasteiger partial charge is 0.382 e. The molecule has 0 aromatic carbocycles. The summed E-state index contributed by atoms with van der Waals surface area (Å²) in [6, 6.07) is 0. The van der Waals surface area contributed by atoms with Crippen molar-refractivity contribution in [1.29, 1.82) is 0 Å². The minimum Gasteiger partial charge on any atom is -0.382 e. The highest BCUT2D eigenvalue weighted by molar-refractivity contribution is 7.99. The fraction of sp³-hybridized carbons (Fsp3) is 1.00. The number of nitrogens with zero attached hydrogens (tertiary/aromatic N) is 1. The van der Waals surface area contributed by atoms with Crippen molar-refractivity contribution < 1.29 is 18.3 Å². The number of rotatable bonds is 2. The number of β-amino-alcohol motifs (C(OH)–C–C–N with tert-alkyl or cyclic N) is 1. The van der Waals surface area contributed by atoms with Gasteiger partial charge in [-0.1, -0.05) is 0 Å². The fourth-order valence-electron chi connectivity index (χ4n) is 1.13. The lowest BCUT2D eigenvalue weighted by Crippen LogP contribution is -2.44. The van der Waals surface area contributed by atoms with Gasteiger partial charge in [-0.2, -0.15) is 24.9 Å². The number of alkyl halides is 3. The van der Waals surface area contributed by atoms with Crippen LogP contribution in [0.2, 0.25) is 0 Å². The van der Waals surface area contributed by atoms with Crippen molar-refractivity contribution in [3.63, 3.8) is 0 Å². The zero-order valence-corrected chi connectivity index (χ0v) is 7.87. The van der Waals surface area contributed by atoms with Gasteiger partial charge in [0, 0.05) is 31.1 Å². The molecule has 0 bridgehead atoms. The first-order valence-electron chi connectivity index (χ1n) is 4.05. The van der Waals surface area contributed by atoms with Crippen LogP contribution < -0.4 is 0 Å². The van der Waals surface area contributed by atoms with Crippen molar-refractivity contribution in [2.75, 3.05) is 31.1 Å². The summed E-state index contributed by atoms with van der Waals surface area (Å²) in [7, 11) is 0. The molecule has 2 nitrogen and oxygen atoms in total. The van der Waals surface area contributed by atoms with Gasteiger partial charge in [0.05, 0.1) is 0 Å². The van der Waals surface area contributed by atoms with Crippen LogP contribution in [0.25, 0.3) is 0 Å². The van der Waals surface area contributed by atoms with Crippen molar-refractivity contribution in [3.05, 3.63) is 0 Å². The fourth-order valence-corrected chi connectivity index (χ4v) is 2.11. The van der Waals surface area contributed by atoms with Gasteiger partial charge in [0.1, 0.15) is 0 Å². The van der Waals surface area contributed by atoms with Crippen LogP contribution in [0.4, 0.5) is 13.2 Å². The van der Waals surface area contributed by atoms with Crippen LogP contribution in [0, 0.1) is 0 Å². The Morgan fingerprint density at radius 2 is 1.85 bits per heavy atom. The van der Waals surface area contributed by atoms with E-state index in [9.17, 15) is 13.2 Å². The van der Waals surface area contributed by atoms with Crippen LogP contribution in [-0.4, -0.2) is 53.4 Å². The molecule has 0 aromatic rings. The normalized spacial score (nSPS) is 23.1. The maximum Gasteiger partial charge on any atom is 0.415 e. The number of hydrogen-bond donors (Lipinski definition) is 1. The van der Waals surface area contributed by atoms with Gasteiger partial charge in [-0.15, -0.1) is 0 Å². The van der Waals surface area contributed by atoms with Crippen LogP contribution in [0.15, 0.2) is 0 Å². The summed E-state index contributed by atoms with van der Waals surface area (Å²) in [6.45, 7) is 0.986. The van der Waals surface area contributed by atoms with Gasteiger partial charge >= 0.3 is 6.18 Å². The van der Waals surface area contributed by atoms with Crippen LogP contribution in [0.1, 0.15) is 0 Å². The highest BCUT2D eigenvalue weighted by Crippen LogP contribution is 2.21. The molecule has 1 aliphatic heterocycles. The first-order valence-corrected chi connectivity index (χ1v) is 5.20. The third-order valence-electron chi connectivity index (χ3n) is 1.91. The number of thioether (sulfide) groups is 1.